The second-order valence-electron chi connectivity index (χ2n) is 6.08. The lowest BCUT2D eigenvalue weighted by molar-refractivity contribution is -0.130. The van der Waals surface area contributed by atoms with E-state index in [0.29, 0.717) is 23.8 Å². The summed E-state index contributed by atoms with van der Waals surface area (Å²) in [4.78, 5) is 27.0. The van der Waals surface area contributed by atoms with Crippen LogP contribution in [0.3, 0.4) is 0 Å². The molecule has 0 unspecified atom stereocenters. The number of hydrogen-bond donors (Lipinski definition) is 0. The van der Waals surface area contributed by atoms with Crippen LogP contribution in [0.2, 0.25) is 0 Å². The second kappa shape index (κ2) is 7.90. The topological polar surface area (TPSA) is 69.4 Å². The maximum absolute atomic E-state index is 13.0. The zero-order valence-corrected chi connectivity index (χ0v) is 15.6. The minimum atomic E-state index is -0.364. The number of nitrogens with zero attached hydrogens (tertiary/aromatic N) is 4. The molecule has 0 aliphatic heterocycles. The van der Waals surface area contributed by atoms with Crippen LogP contribution in [-0.4, -0.2) is 45.9 Å². The molecule has 0 saturated heterocycles. The van der Waals surface area contributed by atoms with Crippen LogP contribution < -0.4 is 10.4 Å². The fourth-order valence-corrected chi connectivity index (χ4v) is 2.66. The largest absolute Gasteiger partial charge is 0.497 e. The Balaban J connectivity index is 2.10. The number of carbonyl (C=O) groups is 1. The van der Waals surface area contributed by atoms with Crippen molar-refractivity contribution in [3.8, 4) is 22.8 Å². The van der Waals surface area contributed by atoms with E-state index in [1.54, 1.807) is 43.3 Å². The van der Waals surface area contributed by atoms with Gasteiger partial charge in [0, 0.05) is 19.2 Å². The van der Waals surface area contributed by atoms with Gasteiger partial charge >= 0.3 is 5.69 Å². The van der Waals surface area contributed by atoms with Crippen molar-refractivity contribution in [2.24, 2.45) is 0 Å². The lowest BCUT2D eigenvalue weighted by atomic mass is 10.2. The van der Waals surface area contributed by atoms with Crippen molar-refractivity contribution < 1.29 is 9.53 Å². The molecular weight excluding hydrogens is 344 g/mol. The van der Waals surface area contributed by atoms with Crippen LogP contribution in [0.15, 0.2) is 59.4 Å². The minimum absolute atomic E-state index is 0.0659. The van der Waals surface area contributed by atoms with E-state index in [1.807, 2.05) is 37.3 Å². The van der Waals surface area contributed by atoms with Crippen LogP contribution in [-0.2, 0) is 11.3 Å². The number of aromatic nitrogens is 3. The molecule has 2 aromatic carbocycles. The molecule has 0 bridgehead atoms. The zero-order chi connectivity index (χ0) is 19.4. The summed E-state index contributed by atoms with van der Waals surface area (Å²) in [7, 11) is 3.29. The van der Waals surface area contributed by atoms with Crippen LogP contribution in [0, 0.1) is 0 Å². The normalized spacial score (nSPS) is 10.6. The highest BCUT2D eigenvalue weighted by Crippen LogP contribution is 2.18. The average Bonchev–Trinajstić information content (AvgIpc) is 3.04. The molecule has 0 aliphatic carbocycles. The monoisotopic (exact) mass is 366 g/mol. The van der Waals surface area contributed by atoms with Crippen molar-refractivity contribution in [3.05, 3.63) is 65.1 Å². The standard InChI is InChI=1S/C20H22N4O3/c1-4-22(2)18(25)14-23-19(15-8-6-5-7-9-15)21-24(20(23)26)16-10-12-17(27-3)13-11-16/h5-13H,4,14H2,1-3H3. The van der Waals surface area contributed by atoms with Gasteiger partial charge in [0.05, 0.1) is 12.8 Å². The number of ether oxygens (including phenoxy) is 1. The lowest BCUT2D eigenvalue weighted by Crippen LogP contribution is -2.34. The van der Waals surface area contributed by atoms with Gasteiger partial charge in [0.15, 0.2) is 5.82 Å². The molecule has 0 saturated carbocycles. The molecule has 3 aromatic rings. The summed E-state index contributed by atoms with van der Waals surface area (Å²) in [5.41, 5.74) is 1.01. The highest BCUT2D eigenvalue weighted by molar-refractivity contribution is 5.76. The number of carbonyl (C=O) groups excluding carboxylic acids is 1. The fraction of sp³-hybridized carbons (Fsp3) is 0.250. The fourth-order valence-electron chi connectivity index (χ4n) is 2.66. The maximum atomic E-state index is 13.0. The van der Waals surface area contributed by atoms with E-state index in [9.17, 15) is 9.59 Å². The van der Waals surface area contributed by atoms with E-state index in [2.05, 4.69) is 5.10 Å². The van der Waals surface area contributed by atoms with Crippen LogP contribution in [0.4, 0.5) is 0 Å². The molecule has 0 N–H and O–H groups in total. The molecule has 7 nitrogen and oxygen atoms in total. The molecule has 1 aromatic heterocycles. The Morgan fingerprint density at radius 3 is 2.37 bits per heavy atom. The van der Waals surface area contributed by atoms with Gasteiger partial charge in [-0.25, -0.2) is 4.79 Å². The summed E-state index contributed by atoms with van der Waals surface area (Å²) < 4.78 is 7.88. The van der Waals surface area contributed by atoms with Crippen LogP contribution >= 0.6 is 0 Å². The highest BCUT2D eigenvalue weighted by Gasteiger charge is 2.19. The molecule has 27 heavy (non-hydrogen) atoms. The Morgan fingerprint density at radius 1 is 1.11 bits per heavy atom. The van der Waals surface area contributed by atoms with E-state index in [4.69, 9.17) is 4.74 Å². The van der Waals surface area contributed by atoms with Gasteiger partial charge < -0.3 is 9.64 Å². The molecule has 7 heteroatoms. The summed E-state index contributed by atoms with van der Waals surface area (Å²) in [5, 5.41) is 4.50. The summed E-state index contributed by atoms with van der Waals surface area (Å²) in [6, 6.07) is 16.4. The van der Waals surface area contributed by atoms with Gasteiger partial charge in [-0.05, 0) is 31.2 Å². The van der Waals surface area contributed by atoms with Gasteiger partial charge in [0.25, 0.3) is 0 Å². The van der Waals surface area contributed by atoms with Gasteiger partial charge in [-0.3, -0.25) is 9.36 Å². The molecular formula is C20H22N4O3. The first kappa shape index (κ1) is 18.4. The first-order valence-corrected chi connectivity index (χ1v) is 8.68. The van der Waals surface area contributed by atoms with Gasteiger partial charge in [0.2, 0.25) is 5.91 Å². The molecule has 0 atom stereocenters. The Labute approximate surface area is 157 Å². The van der Waals surface area contributed by atoms with E-state index in [0.717, 1.165) is 5.56 Å². The Hall–Kier alpha value is -3.35. The van der Waals surface area contributed by atoms with Gasteiger partial charge in [-0.2, -0.15) is 4.68 Å². The molecule has 140 valence electrons. The van der Waals surface area contributed by atoms with E-state index in [-0.39, 0.29) is 18.1 Å². The first-order valence-electron chi connectivity index (χ1n) is 8.68. The Kier molecular flexibility index (Phi) is 5.40. The molecule has 0 fully saturated rings. The molecule has 0 spiro atoms. The minimum Gasteiger partial charge on any atom is -0.497 e. The Morgan fingerprint density at radius 2 is 1.78 bits per heavy atom. The molecule has 1 heterocycles. The summed E-state index contributed by atoms with van der Waals surface area (Å²) in [5.74, 6) is 0.995. The number of hydrogen-bond acceptors (Lipinski definition) is 4. The van der Waals surface area contributed by atoms with Crippen molar-refractivity contribution >= 4 is 5.91 Å². The van der Waals surface area contributed by atoms with Crippen molar-refractivity contribution in [2.75, 3.05) is 20.7 Å². The quantitative estimate of drug-likeness (QED) is 0.671. The van der Waals surface area contributed by atoms with Crippen molar-refractivity contribution in [3.63, 3.8) is 0 Å². The summed E-state index contributed by atoms with van der Waals surface area (Å²) in [6.45, 7) is 2.39. The van der Waals surface area contributed by atoms with Crippen molar-refractivity contribution in [2.45, 2.75) is 13.5 Å². The van der Waals surface area contributed by atoms with Crippen LogP contribution in [0.25, 0.3) is 17.1 Å². The van der Waals surface area contributed by atoms with Crippen LogP contribution in [0.1, 0.15) is 6.92 Å². The number of amides is 1. The molecule has 0 aliphatic rings. The smallest absolute Gasteiger partial charge is 0.351 e. The summed E-state index contributed by atoms with van der Waals surface area (Å²) >= 11 is 0. The van der Waals surface area contributed by atoms with E-state index >= 15 is 0 Å². The number of benzene rings is 2. The molecule has 0 radical (unpaired) electrons. The highest BCUT2D eigenvalue weighted by atomic mass is 16.5. The zero-order valence-electron chi connectivity index (χ0n) is 15.6. The average molecular weight is 366 g/mol. The number of rotatable bonds is 6. The first-order chi connectivity index (χ1) is 13.0. The molecule has 1 amide bonds. The third kappa shape index (κ3) is 3.76. The van der Waals surface area contributed by atoms with Gasteiger partial charge in [0.1, 0.15) is 12.3 Å². The predicted octanol–water partition coefficient (Wildman–Crippen LogP) is 2.19. The van der Waals surface area contributed by atoms with Gasteiger partial charge in [-0.1, -0.05) is 30.3 Å². The van der Waals surface area contributed by atoms with E-state index in [1.165, 1.54) is 9.25 Å². The van der Waals surface area contributed by atoms with Gasteiger partial charge in [-0.15, -0.1) is 5.10 Å². The van der Waals surface area contributed by atoms with Crippen LogP contribution in [0.5, 0.6) is 5.75 Å². The lowest BCUT2D eigenvalue weighted by Gasteiger charge is -2.14. The van der Waals surface area contributed by atoms with Crippen molar-refractivity contribution in [1.29, 1.82) is 0 Å². The summed E-state index contributed by atoms with van der Waals surface area (Å²) in [6.07, 6.45) is 0. The third-order valence-electron chi connectivity index (χ3n) is 4.40. The predicted molar refractivity (Wildman–Crippen MR) is 103 cm³/mol. The number of methoxy groups -OCH3 is 1. The SMILES string of the molecule is CCN(C)C(=O)Cn1c(-c2ccccc2)nn(-c2ccc(OC)cc2)c1=O. The number of likely N-dealkylation sites (N-methyl/N-ethyl adjacent to an activating group) is 1. The van der Waals surface area contributed by atoms with Crippen molar-refractivity contribution in [1.82, 2.24) is 19.2 Å². The maximum Gasteiger partial charge on any atom is 0.351 e. The third-order valence-corrected chi connectivity index (χ3v) is 4.40. The van der Waals surface area contributed by atoms with E-state index < -0.39 is 0 Å². The Bertz CT molecular complexity index is 975. The molecule has 3 rings (SSSR count). The second-order valence-corrected chi connectivity index (χ2v) is 6.08.